The topological polar surface area (TPSA) is 74.3 Å². The number of nitrogens with zero attached hydrogens (tertiary/aromatic N) is 2. The van der Waals surface area contributed by atoms with E-state index in [1.54, 1.807) is 0 Å². The van der Waals surface area contributed by atoms with Crippen LogP contribution in [0.2, 0.25) is 0 Å². The Balaban J connectivity index is 1.42. The number of nitrogens with one attached hydrogen (secondary N) is 2. The zero-order chi connectivity index (χ0) is 15.9. The summed E-state index contributed by atoms with van der Waals surface area (Å²) in [6.07, 6.45) is 5.28. The number of anilines is 1. The number of aromatic nitrogens is 1. The van der Waals surface area contributed by atoms with Crippen LogP contribution in [0.25, 0.3) is 0 Å². The van der Waals surface area contributed by atoms with E-state index >= 15 is 0 Å². The van der Waals surface area contributed by atoms with E-state index in [1.807, 2.05) is 12.3 Å². The number of carbonyl (C=O) groups excluding carboxylic acids is 2. The number of carbonyl (C=O) groups is 2. The summed E-state index contributed by atoms with van der Waals surface area (Å²) in [6.45, 7) is 4.46. The van der Waals surface area contributed by atoms with Gasteiger partial charge in [0.25, 0.3) is 0 Å². The summed E-state index contributed by atoms with van der Waals surface area (Å²) in [4.78, 5) is 30.0. The van der Waals surface area contributed by atoms with Gasteiger partial charge in [-0.2, -0.15) is 0 Å². The third-order valence-corrected chi connectivity index (χ3v) is 5.56. The van der Waals surface area contributed by atoms with E-state index < -0.39 is 0 Å². The molecule has 6 nitrogen and oxygen atoms in total. The number of imide groups is 1. The standard InChI is InChI=1S/C17H22N4O2/c22-15-4-2-13(16(23)20-15)14-3-1-12(9-19-14)21-7-5-17(6-8-21)10-18-11-17/h1,3,9,13,18H,2,4-8,10-11H2,(H,20,22,23). The van der Waals surface area contributed by atoms with Gasteiger partial charge in [0.1, 0.15) is 0 Å². The van der Waals surface area contributed by atoms with Gasteiger partial charge < -0.3 is 10.2 Å². The highest BCUT2D eigenvalue weighted by Gasteiger charge is 2.39. The lowest BCUT2D eigenvalue weighted by atomic mass is 9.73. The zero-order valence-corrected chi connectivity index (χ0v) is 13.2. The van der Waals surface area contributed by atoms with Crippen LogP contribution >= 0.6 is 0 Å². The van der Waals surface area contributed by atoms with E-state index in [9.17, 15) is 9.59 Å². The fourth-order valence-electron chi connectivity index (χ4n) is 3.84. The number of pyridine rings is 1. The molecule has 2 N–H and O–H groups in total. The second kappa shape index (κ2) is 5.60. The Morgan fingerprint density at radius 2 is 1.96 bits per heavy atom. The second-order valence-corrected chi connectivity index (χ2v) is 7.04. The van der Waals surface area contributed by atoms with Crippen molar-refractivity contribution in [3.05, 3.63) is 24.0 Å². The predicted molar refractivity (Wildman–Crippen MR) is 86.1 cm³/mol. The van der Waals surface area contributed by atoms with Crippen LogP contribution in [-0.2, 0) is 9.59 Å². The molecule has 122 valence electrons. The molecular formula is C17H22N4O2. The number of hydrogen-bond acceptors (Lipinski definition) is 5. The minimum Gasteiger partial charge on any atom is -0.370 e. The molecule has 3 aliphatic heterocycles. The van der Waals surface area contributed by atoms with Gasteiger partial charge in [0.2, 0.25) is 11.8 Å². The van der Waals surface area contributed by atoms with Gasteiger partial charge in [-0.15, -0.1) is 0 Å². The Morgan fingerprint density at radius 3 is 2.52 bits per heavy atom. The quantitative estimate of drug-likeness (QED) is 0.790. The van der Waals surface area contributed by atoms with Crippen LogP contribution in [0, 0.1) is 5.41 Å². The first-order valence-electron chi connectivity index (χ1n) is 8.41. The van der Waals surface area contributed by atoms with Gasteiger partial charge in [0, 0.05) is 32.6 Å². The lowest BCUT2D eigenvalue weighted by Gasteiger charge is -2.48. The van der Waals surface area contributed by atoms with Crippen LogP contribution in [-0.4, -0.2) is 43.0 Å². The number of piperidine rings is 2. The first-order valence-corrected chi connectivity index (χ1v) is 8.41. The smallest absolute Gasteiger partial charge is 0.235 e. The Labute approximate surface area is 135 Å². The Kier molecular flexibility index (Phi) is 3.56. The summed E-state index contributed by atoms with van der Waals surface area (Å²) in [5, 5.41) is 5.78. The van der Waals surface area contributed by atoms with E-state index in [-0.39, 0.29) is 17.7 Å². The van der Waals surface area contributed by atoms with E-state index in [1.165, 1.54) is 12.8 Å². The molecule has 1 aromatic heterocycles. The van der Waals surface area contributed by atoms with Crippen molar-refractivity contribution in [2.75, 3.05) is 31.1 Å². The maximum atomic E-state index is 11.9. The zero-order valence-electron chi connectivity index (χ0n) is 13.2. The molecule has 1 unspecified atom stereocenters. The minimum atomic E-state index is -0.299. The number of hydrogen-bond donors (Lipinski definition) is 2. The monoisotopic (exact) mass is 314 g/mol. The van der Waals surface area contributed by atoms with Gasteiger partial charge >= 0.3 is 0 Å². The van der Waals surface area contributed by atoms with Gasteiger partial charge in [-0.1, -0.05) is 0 Å². The summed E-state index contributed by atoms with van der Waals surface area (Å²) in [7, 11) is 0. The Bertz CT molecular complexity index is 614. The fourth-order valence-corrected chi connectivity index (χ4v) is 3.84. The predicted octanol–water partition coefficient (Wildman–Crippen LogP) is 0.792. The summed E-state index contributed by atoms with van der Waals surface area (Å²) in [5.74, 6) is -0.707. The normalized spacial score (nSPS) is 26.8. The molecule has 1 atom stereocenters. The van der Waals surface area contributed by atoms with Crippen molar-refractivity contribution >= 4 is 17.5 Å². The highest BCUT2D eigenvalue weighted by atomic mass is 16.2. The summed E-state index contributed by atoms with van der Waals surface area (Å²) in [6, 6.07) is 3.99. The lowest BCUT2D eigenvalue weighted by Crippen LogP contribution is -2.58. The molecule has 0 saturated carbocycles. The first-order chi connectivity index (χ1) is 11.2. The van der Waals surface area contributed by atoms with E-state index in [4.69, 9.17) is 0 Å². The minimum absolute atomic E-state index is 0.185. The number of amides is 2. The highest BCUT2D eigenvalue weighted by molar-refractivity contribution is 6.00. The maximum Gasteiger partial charge on any atom is 0.235 e. The molecule has 3 saturated heterocycles. The van der Waals surface area contributed by atoms with Crippen molar-refractivity contribution in [2.45, 2.75) is 31.6 Å². The molecule has 23 heavy (non-hydrogen) atoms. The van der Waals surface area contributed by atoms with Crippen LogP contribution in [0.5, 0.6) is 0 Å². The summed E-state index contributed by atoms with van der Waals surface area (Å²) >= 11 is 0. The van der Waals surface area contributed by atoms with Gasteiger partial charge in [-0.05, 0) is 36.8 Å². The fraction of sp³-hybridized carbons (Fsp3) is 0.588. The largest absolute Gasteiger partial charge is 0.370 e. The van der Waals surface area contributed by atoms with Crippen molar-refractivity contribution < 1.29 is 9.59 Å². The van der Waals surface area contributed by atoms with Crippen LogP contribution in [0.1, 0.15) is 37.3 Å². The molecule has 4 heterocycles. The molecular weight excluding hydrogens is 292 g/mol. The third kappa shape index (κ3) is 2.72. The molecule has 3 aliphatic rings. The van der Waals surface area contributed by atoms with Crippen LogP contribution in [0.4, 0.5) is 5.69 Å². The molecule has 0 bridgehead atoms. The van der Waals surface area contributed by atoms with Crippen molar-refractivity contribution in [3.8, 4) is 0 Å². The molecule has 1 aromatic rings. The molecule has 0 radical (unpaired) electrons. The molecule has 4 rings (SSSR count). The van der Waals surface area contributed by atoms with Crippen molar-refractivity contribution in [2.24, 2.45) is 5.41 Å². The molecule has 2 amide bonds. The van der Waals surface area contributed by atoms with Gasteiger partial charge in [-0.3, -0.25) is 19.9 Å². The molecule has 0 aliphatic carbocycles. The maximum absolute atomic E-state index is 11.9. The lowest BCUT2D eigenvalue weighted by molar-refractivity contribution is -0.134. The van der Waals surface area contributed by atoms with Gasteiger partial charge in [-0.25, -0.2) is 0 Å². The van der Waals surface area contributed by atoms with E-state index in [0.29, 0.717) is 18.3 Å². The van der Waals surface area contributed by atoms with Crippen molar-refractivity contribution in [3.63, 3.8) is 0 Å². The van der Waals surface area contributed by atoms with E-state index in [2.05, 4.69) is 26.6 Å². The van der Waals surface area contributed by atoms with Crippen LogP contribution in [0.15, 0.2) is 18.3 Å². The third-order valence-electron chi connectivity index (χ3n) is 5.56. The molecule has 0 aromatic carbocycles. The van der Waals surface area contributed by atoms with E-state index in [0.717, 1.165) is 37.6 Å². The van der Waals surface area contributed by atoms with Gasteiger partial charge in [0.15, 0.2) is 0 Å². The average Bonchev–Trinajstić information content (AvgIpc) is 2.54. The molecule has 1 spiro atoms. The molecule has 3 fully saturated rings. The summed E-state index contributed by atoms with van der Waals surface area (Å²) in [5.41, 5.74) is 2.43. The Hall–Kier alpha value is -1.95. The van der Waals surface area contributed by atoms with Crippen molar-refractivity contribution in [1.29, 1.82) is 0 Å². The van der Waals surface area contributed by atoms with Crippen LogP contribution in [0.3, 0.4) is 0 Å². The summed E-state index contributed by atoms with van der Waals surface area (Å²) < 4.78 is 0. The SMILES string of the molecule is O=C1CCC(c2ccc(N3CCC4(CC3)CNC4)cn2)C(=O)N1. The average molecular weight is 314 g/mol. The first kappa shape index (κ1) is 14.6. The highest BCUT2D eigenvalue weighted by Crippen LogP contribution is 2.36. The second-order valence-electron chi connectivity index (χ2n) is 7.04. The number of rotatable bonds is 2. The van der Waals surface area contributed by atoms with Crippen LogP contribution < -0.4 is 15.5 Å². The van der Waals surface area contributed by atoms with Gasteiger partial charge in [0.05, 0.1) is 23.5 Å². The molecule has 6 heteroatoms. The van der Waals surface area contributed by atoms with Crippen molar-refractivity contribution in [1.82, 2.24) is 15.6 Å². The Morgan fingerprint density at radius 1 is 1.17 bits per heavy atom.